The van der Waals surface area contributed by atoms with E-state index in [1.165, 1.54) is 18.6 Å². The molecule has 0 spiro atoms. The normalized spacial score (nSPS) is 13.7. The number of methoxy groups -OCH3 is 1. The van der Waals surface area contributed by atoms with E-state index in [1.54, 1.807) is 32.2 Å². The predicted molar refractivity (Wildman–Crippen MR) is 115 cm³/mol. The van der Waals surface area contributed by atoms with Crippen molar-refractivity contribution in [2.75, 3.05) is 41.7 Å². The molecule has 2 aromatic carbocycles. The van der Waals surface area contributed by atoms with Crippen LogP contribution in [0.2, 0.25) is 0 Å². The lowest BCUT2D eigenvalue weighted by Gasteiger charge is -2.31. The van der Waals surface area contributed by atoms with Crippen molar-refractivity contribution in [3.63, 3.8) is 0 Å². The highest BCUT2D eigenvalue weighted by Crippen LogP contribution is 2.31. The zero-order valence-electron chi connectivity index (χ0n) is 17.0. The van der Waals surface area contributed by atoms with Gasteiger partial charge in [0.15, 0.2) is 0 Å². The second kappa shape index (κ2) is 8.84. The first-order chi connectivity index (χ1) is 13.8. The van der Waals surface area contributed by atoms with Crippen LogP contribution in [0, 0.1) is 6.92 Å². The minimum Gasteiger partial charge on any atom is -0.383 e. The Morgan fingerprint density at radius 2 is 1.93 bits per heavy atom. The van der Waals surface area contributed by atoms with Gasteiger partial charge in [-0.1, -0.05) is 6.07 Å². The number of carbonyl (C=O) groups excluding carboxylic acids is 1. The van der Waals surface area contributed by atoms with Crippen LogP contribution in [0.4, 0.5) is 17.1 Å². The van der Waals surface area contributed by atoms with Gasteiger partial charge in [0.2, 0.25) is 5.91 Å². The minimum atomic E-state index is -3.76. The highest BCUT2D eigenvalue weighted by molar-refractivity contribution is 7.92. The summed E-state index contributed by atoms with van der Waals surface area (Å²) in [6.45, 7) is 5.43. The van der Waals surface area contributed by atoms with Crippen molar-refractivity contribution >= 4 is 33.0 Å². The second-order valence-electron chi connectivity index (χ2n) is 7.19. The predicted octanol–water partition coefficient (Wildman–Crippen LogP) is 3.15. The van der Waals surface area contributed by atoms with E-state index in [-0.39, 0.29) is 10.8 Å². The van der Waals surface area contributed by atoms with Gasteiger partial charge >= 0.3 is 0 Å². The summed E-state index contributed by atoms with van der Waals surface area (Å²) in [6, 6.07) is 10.4. The Morgan fingerprint density at radius 3 is 2.62 bits per heavy atom. The molecule has 1 amide bonds. The molecule has 1 heterocycles. The van der Waals surface area contributed by atoms with Gasteiger partial charge in [-0.25, -0.2) is 8.42 Å². The average molecular weight is 418 g/mol. The lowest BCUT2D eigenvalue weighted by Crippen LogP contribution is -2.32. The molecule has 8 heteroatoms. The molecule has 7 nitrogen and oxygen atoms in total. The number of rotatable bonds is 7. The number of aryl methyl sites for hydroxylation is 2. The topological polar surface area (TPSA) is 87.7 Å². The Morgan fingerprint density at radius 1 is 1.17 bits per heavy atom. The number of nitrogens with one attached hydrogen (secondary N) is 2. The van der Waals surface area contributed by atoms with Gasteiger partial charge in [0.25, 0.3) is 10.0 Å². The van der Waals surface area contributed by atoms with E-state index >= 15 is 0 Å². The molecule has 0 fully saturated rings. The van der Waals surface area contributed by atoms with Crippen LogP contribution in [-0.2, 0) is 26.0 Å². The van der Waals surface area contributed by atoms with Gasteiger partial charge < -0.3 is 15.0 Å². The molecule has 2 aromatic rings. The molecule has 0 saturated carbocycles. The number of amides is 1. The summed E-state index contributed by atoms with van der Waals surface area (Å²) in [4.78, 5) is 13.6. The van der Waals surface area contributed by atoms with E-state index in [0.717, 1.165) is 31.6 Å². The molecular weight excluding hydrogens is 390 g/mol. The van der Waals surface area contributed by atoms with Gasteiger partial charge in [-0.2, -0.15) is 0 Å². The maximum absolute atomic E-state index is 12.9. The van der Waals surface area contributed by atoms with E-state index in [2.05, 4.69) is 14.9 Å². The quantitative estimate of drug-likeness (QED) is 0.723. The summed E-state index contributed by atoms with van der Waals surface area (Å²) >= 11 is 0. The molecule has 0 bridgehead atoms. The van der Waals surface area contributed by atoms with Crippen molar-refractivity contribution in [2.45, 2.75) is 31.6 Å². The van der Waals surface area contributed by atoms with Gasteiger partial charge in [0.05, 0.1) is 17.2 Å². The lowest BCUT2D eigenvalue weighted by atomic mass is 10.0. The Kier molecular flexibility index (Phi) is 6.44. The number of hydrogen-bond donors (Lipinski definition) is 2. The summed E-state index contributed by atoms with van der Waals surface area (Å²) < 4.78 is 33.8. The fourth-order valence-electron chi connectivity index (χ4n) is 3.59. The van der Waals surface area contributed by atoms with Gasteiger partial charge in [-0.05, 0) is 61.2 Å². The number of carbonyl (C=O) groups is 1. The Bertz CT molecular complexity index is 1000. The number of fused-ring (bicyclic) bond motifs is 1. The molecule has 1 aliphatic rings. The molecule has 156 valence electrons. The highest BCUT2D eigenvalue weighted by atomic mass is 32.2. The second-order valence-corrected chi connectivity index (χ2v) is 8.84. The third kappa shape index (κ3) is 5.07. The van der Waals surface area contributed by atoms with Crippen LogP contribution < -0.4 is 14.9 Å². The Hall–Kier alpha value is -2.58. The van der Waals surface area contributed by atoms with Crippen LogP contribution in [0.3, 0.4) is 0 Å². The maximum Gasteiger partial charge on any atom is 0.262 e. The van der Waals surface area contributed by atoms with E-state index < -0.39 is 10.0 Å². The molecule has 29 heavy (non-hydrogen) atoms. The SMILES string of the molecule is COCCN1CCCc2ccc(NS(=O)(=O)c3ccc(NC(C)=O)cc3C)cc21. The first kappa shape index (κ1) is 21.1. The summed E-state index contributed by atoms with van der Waals surface area (Å²) in [7, 11) is -2.08. The smallest absolute Gasteiger partial charge is 0.262 e. The number of hydrogen-bond acceptors (Lipinski definition) is 5. The summed E-state index contributed by atoms with van der Waals surface area (Å²) in [5.41, 5.74) is 3.91. The number of benzene rings is 2. The van der Waals surface area contributed by atoms with Crippen LogP contribution in [0.5, 0.6) is 0 Å². The summed E-state index contributed by atoms with van der Waals surface area (Å²) in [5, 5.41) is 2.66. The van der Waals surface area contributed by atoms with E-state index in [4.69, 9.17) is 4.74 Å². The molecule has 0 atom stereocenters. The van der Waals surface area contributed by atoms with Crippen LogP contribution in [0.1, 0.15) is 24.5 Å². The fourth-order valence-corrected chi connectivity index (χ4v) is 4.87. The van der Waals surface area contributed by atoms with E-state index in [9.17, 15) is 13.2 Å². The molecule has 1 aliphatic heterocycles. The zero-order valence-corrected chi connectivity index (χ0v) is 17.8. The number of sulfonamides is 1. The molecule has 0 aliphatic carbocycles. The average Bonchev–Trinajstić information content (AvgIpc) is 2.65. The van der Waals surface area contributed by atoms with Crippen molar-refractivity contribution in [3.8, 4) is 0 Å². The first-order valence-electron chi connectivity index (χ1n) is 9.58. The van der Waals surface area contributed by atoms with Crippen molar-refractivity contribution in [1.82, 2.24) is 0 Å². The Balaban J connectivity index is 1.85. The van der Waals surface area contributed by atoms with Crippen molar-refractivity contribution in [2.24, 2.45) is 0 Å². The van der Waals surface area contributed by atoms with Gasteiger partial charge in [0.1, 0.15) is 0 Å². The minimum absolute atomic E-state index is 0.181. The van der Waals surface area contributed by atoms with Crippen LogP contribution >= 0.6 is 0 Å². The number of anilines is 3. The molecule has 0 aromatic heterocycles. The van der Waals surface area contributed by atoms with Crippen LogP contribution in [-0.4, -0.2) is 41.1 Å². The van der Waals surface area contributed by atoms with Crippen molar-refractivity contribution in [1.29, 1.82) is 0 Å². The van der Waals surface area contributed by atoms with Crippen LogP contribution in [0.25, 0.3) is 0 Å². The molecule has 0 unspecified atom stereocenters. The van der Waals surface area contributed by atoms with Gasteiger partial charge in [0, 0.05) is 38.5 Å². The summed E-state index contributed by atoms with van der Waals surface area (Å²) in [5.74, 6) is -0.204. The summed E-state index contributed by atoms with van der Waals surface area (Å²) in [6.07, 6.45) is 2.05. The monoisotopic (exact) mass is 417 g/mol. The number of ether oxygens (including phenoxy) is 1. The maximum atomic E-state index is 12.9. The molecule has 0 saturated heterocycles. The third-order valence-corrected chi connectivity index (χ3v) is 6.44. The Labute approximate surface area is 172 Å². The van der Waals surface area contributed by atoms with Crippen molar-refractivity contribution < 1.29 is 17.9 Å². The first-order valence-corrected chi connectivity index (χ1v) is 11.1. The van der Waals surface area contributed by atoms with E-state index in [0.29, 0.717) is 23.5 Å². The largest absolute Gasteiger partial charge is 0.383 e. The van der Waals surface area contributed by atoms with Gasteiger partial charge in [-0.15, -0.1) is 0 Å². The van der Waals surface area contributed by atoms with Crippen LogP contribution in [0.15, 0.2) is 41.3 Å². The molecular formula is C21H27N3O4S. The van der Waals surface area contributed by atoms with Gasteiger partial charge in [-0.3, -0.25) is 9.52 Å². The lowest BCUT2D eigenvalue weighted by molar-refractivity contribution is -0.114. The molecule has 2 N–H and O–H groups in total. The van der Waals surface area contributed by atoms with Crippen molar-refractivity contribution in [3.05, 3.63) is 47.5 Å². The third-order valence-electron chi connectivity index (χ3n) is 4.90. The van der Waals surface area contributed by atoms with E-state index in [1.807, 2.05) is 12.1 Å². The molecule has 0 radical (unpaired) electrons. The highest BCUT2D eigenvalue weighted by Gasteiger charge is 2.21. The standard InChI is InChI=1S/C21H27N3O4S/c1-15-13-18(22-16(2)25)8-9-21(15)29(26,27)23-19-7-6-17-5-4-10-24(11-12-28-3)20(17)14-19/h6-9,13-14,23H,4-5,10-12H2,1-3H3,(H,22,25). The molecule has 3 rings (SSSR count). The fraction of sp³-hybridized carbons (Fsp3) is 0.381. The zero-order chi connectivity index (χ0) is 21.0. The number of nitrogens with zero attached hydrogens (tertiary/aromatic N) is 1.